The van der Waals surface area contributed by atoms with E-state index in [9.17, 15) is 4.79 Å². The fourth-order valence-corrected chi connectivity index (χ4v) is 2.26. The summed E-state index contributed by atoms with van der Waals surface area (Å²) in [5.74, 6) is 0.262. The lowest BCUT2D eigenvalue weighted by atomic mass is 9.88. The van der Waals surface area contributed by atoms with Crippen LogP contribution in [0.2, 0.25) is 0 Å². The van der Waals surface area contributed by atoms with Crippen molar-refractivity contribution >= 4 is 11.5 Å². The highest BCUT2D eigenvalue weighted by molar-refractivity contribution is 6.00. The predicted molar refractivity (Wildman–Crippen MR) is 91.2 cm³/mol. The van der Waals surface area contributed by atoms with E-state index in [1.807, 2.05) is 13.8 Å². The van der Waals surface area contributed by atoms with Crippen molar-refractivity contribution < 1.29 is 4.79 Å². The Bertz CT molecular complexity index is 519. The topological polar surface area (TPSA) is 29.4 Å². The second kappa shape index (κ2) is 8.56. The molecule has 0 aromatic heterocycles. The van der Waals surface area contributed by atoms with Crippen LogP contribution in [0, 0.1) is 0 Å². The highest BCUT2D eigenvalue weighted by atomic mass is 16.1. The Morgan fingerprint density at radius 3 is 1.95 bits per heavy atom. The molecule has 0 heterocycles. The first-order valence-electron chi connectivity index (χ1n) is 7.63. The van der Waals surface area contributed by atoms with E-state index in [1.165, 1.54) is 11.1 Å². The lowest BCUT2D eigenvalue weighted by molar-refractivity contribution is -0.117. The van der Waals surface area contributed by atoms with Gasteiger partial charge in [0.25, 0.3) is 0 Å². The summed E-state index contributed by atoms with van der Waals surface area (Å²) in [6.45, 7) is 8.22. The van der Waals surface area contributed by atoms with Gasteiger partial charge >= 0.3 is 0 Å². The quantitative estimate of drug-likeness (QED) is 0.591. The number of nitrogens with zero attached hydrogens (tertiary/aromatic N) is 1. The highest BCUT2D eigenvalue weighted by Gasteiger charge is 2.10. The molecular weight excluding hydrogens is 258 g/mol. The molecule has 21 heavy (non-hydrogen) atoms. The molecule has 2 nitrogen and oxygen atoms in total. The summed E-state index contributed by atoms with van der Waals surface area (Å²) in [5.41, 5.74) is 7.05. The van der Waals surface area contributed by atoms with Gasteiger partial charge in [0.2, 0.25) is 0 Å². The third kappa shape index (κ3) is 5.66. The van der Waals surface area contributed by atoms with Gasteiger partial charge in [-0.15, -0.1) is 0 Å². The number of aliphatic imine (C=N–C) groups is 1. The summed E-state index contributed by atoms with van der Waals surface area (Å²) < 4.78 is 0. The lowest BCUT2D eigenvalue weighted by Crippen LogP contribution is -2.04. The van der Waals surface area contributed by atoms with Crippen molar-refractivity contribution in [2.45, 2.75) is 53.4 Å². The molecule has 2 heteroatoms. The van der Waals surface area contributed by atoms with Gasteiger partial charge < -0.3 is 0 Å². The molecule has 0 saturated heterocycles. The van der Waals surface area contributed by atoms with E-state index in [4.69, 9.17) is 0 Å². The Kier molecular flexibility index (Phi) is 7.07. The third-order valence-corrected chi connectivity index (χ3v) is 3.99. The first kappa shape index (κ1) is 17.4. The molecule has 0 amide bonds. The molecule has 0 atom stereocenters. The largest absolute Gasteiger partial charge is 0.299 e. The summed E-state index contributed by atoms with van der Waals surface area (Å²) in [4.78, 5) is 14.6. The molecule has 0 aliphatic heterocycles. The van der Waals surface area contributed by atoms with Gasteiger partial charge in [0.05, 0.1) is 0 Å². The number of carbonyl (C=O) groups excluding carboxylic acids is 1. The summed E-state index contributed by atoms with van der Waals surface area (Å²) >= 11 is 0. The number of fused-ring (bicyclic) bond motifs is 1. The summed E-state index contributed by atoms with van der Waals surface area (Å²) in [6.07, 6.45) is 3.45. The molecule has 0 fully saturated rings. The number of hydrogen-bond acceptors (Lipinski definition) is 2. The van der Waals surface area contributed by atoms with Crippen LogP contribution < -0.4 is 0 Å². The maximum absolute atomic E-state index is 10.7. The van der Waals surface area contributed by atoms with Gasteiger partial charge in [-0.25, -0.2) is 0 Å². The van der Waals surface area contributed by atoms with Crippen LogP contribution in [0.15, 0.2) is 40.4 Å². The van der Waals surface area contributed by atoms with Crippen molar-refractivity contribution in [1.82, 2.24) is 0 Å². The molecule has 1 aliphatic rings. The zero-order valence-electron chi connectivity index (χ0n) is 14.0. The second-order valence-electron chi connectivity index (χ2n) is 5.71. The van der Waals surface area contributed by atoms with Gasteiger partial charge in [0, 0.05) is 25.6 Å². The summed E-state index contributed by atoms with van der Waals surface area (Å²) in [7, 11) is 1.71. The number of allylic oxidation sites excluding steroid dienone is 2. The van der Waals surface area contributed by atoms with E-state index in [0.29, 0.717) is 12.8 Å². The number of carbonyl (C=O) groups is 1. The van der Waals surface area contributed by atoms with Gasteiger partial charge in [-0.05, 0) is 44.7 Å². The molecule has 1 aromatic rings. The molecule has 0 saturated carbocycles. The molecule has 1 aromatic carbocycles. The van der Waals surface area contributed by atoms with E-state index >= 15 is 0 Å². The minimum atomic E-state index is 0.262. The smallest absolute Gasteiger partial charge is 0.138 e. The summed E-state index contributed by atoms with van der Waals surface area (Å²) in [6, 6.07) is 8.75. The fraction of sp³-hybridized carbons (Fsp3) is 0.474. The Morgan fingerprint density at radius 1 is 1.10 bits per heavy atom. The van der Waals surface area contributed by atoms with Crippen molar-refractivity contribution in [3.63, 3.8) is 0 Å². The van der Waals surface area contributed by atoms with E-state index in [1.54, 1.807) is 18.2 Å². The minimum absolute atomic E-state index is 0.262. The van der Waals surface area contributed by atoms with Crippen LogP contribution in [-0.4, -0.2) is 18.5 Å². The first-order chi connectivity index (χ1) is 9.97. The summed E-state index contributed by atoms with van der Waals surface area (Å²) in [5, 5.41) is 0. The van der Waals surface area contributed by atoms with Crippen LogP contribution in [0.4, 0.5) is 0 Å². The Balaban J connectivity index is 0.000000222. The van der Waals surface area contributed by atoms with E-state index < -0.39 is 0 Å². The van der Waals surface area contributed by atoms with Crippen molar-refractivity contribution in [3.05, 3.63) is 46.5 Å². The van der Waals surface area contributed by atoms with Crippen LogP contribution in [0.25, 0.3) is 0 Å². The molecule has 2 rings (SSSR count). The maximum atomic E-state index is 10.7. The predicted octanol–water partition coefficient (Wildman–Crippen LogP) is 4.57. The second-order valence-corrected chi connectivity index (χ2v) is 5.71. The van der Waals surface area contributed by atoms with Crippen molar-refractivity contribution in [2.24, 2.45) is 4.99 Å². The third-order valence-electron chi connectivity index (χ3n) is 3.99. The maximum Gasteiger partial charge on any atom is 0.138 e. The van der Waals surface area contributed by atoms with E-state index in [-0.39, 0.29) is 5.78 Å². The van der Waals surface area contributed by atoms with Crippen molar-refractivity contribution in [3.8, 4) is 0 Å². The zero-order chi connectivity index (χ0) is 15.8. The molecule has 114 valence electrons. The standard InChI is InChI=1S/C12H14.C7H13NO/c1-9-7-11-5-3-4-6-12(11)8-10(9)2;1-4-7(9)5-6(2)8-3/h3-6H,7-8H2,1-2H3;4-5H2,1-3H3. The van der Waals surface area contributed by atoms with Gasteiger partial charge in [-0.3, -0.25) is 9.79 Å². The van der Waals surface area contributed by atoms with Crippen LogP contribution in [0.5, 0.6) is 0 Å². The first-order valence-corrected chi connectivity index (χ1v) is 7.63. The molecule has 0 unspecified atom stereocenters. The van der Waals surface area contributed by atoms with E-state index in [2.05, 4.69) is 43.1 Å². The normalized spacial score (nSPS) is 14.2. The molecule has 1 aliphatic carbocycles. The highest BCUT2D eigenvalue weighted by Crippen LogP contribution is 2.24. The SMILES string of the molecule is CC1=C(C)Cc2ccccc2C1.CCC(=O)CC(C)=NC. The van der Waals surface area contributed by atoms with E-state index in [0.717, 1.165) is 18.6 Å². The molecule has 0 radical (unpaired) electrons. The monoisotopic (exact) mass is 285 g/mol. The van der Waals surface area contributed by atoms with Crippen molar-refractivity contribution in [1.29, 1.82) is 0 Å². The lowest BCUT2D eigenvalue weighted by Gasteiger charge is -2.18. The number of hydrogen-bond donors (Lipinski definition) is 0. The average molecular weight is 285 g/mol. The minimum Gasteiger partial charge on any atom is -0.299 e. The molecule has 0 N–H and O–H groups in total. The van der Waals surface area contributed by atoms with Crippen LogP contribution in [-0.2, 0) is 17.6 Å². The molecule has 0 bridgehead atoms. The van der Waals surface area contributed by atoms with Crippen molar-refractivity contribution in [2.75, 3.05) is 7.05 Å². The van der Waals surface area contributed by atoms with Gasteiger partial charge in [0.15, 0.2) is 0 Å². The van der Waals surface area contributed by atoms with Crippen LogP contribution in [0.3, 0.4) is 0 Å². The number of ketones is 1. The fourth-order valence-electron chi connectivity index (χ4n) is 2.26. The van der Waals surface area contributed by atoms with Crippen LogP contribution >= 0.6 is 0 Å². The number of rotatable bonds is 3. The Labute approximate surface area is 129 Å². The number of Topliss-reactive ketones (excluding diaryl/α,β-unsaturated/α-hetero) is 1. The van der Waals surface area contributed by atoms with Gasteiger partial charge in [0.1, 0.15) is 5.78 Å². The Hall–Kier alpha value is -1.70. The average Bonchev–Trinajstić information content (AvgIpc) is 2.48. The Morgan fingerprint density at radius 2 is 1.57 bits per heavy atom. The number of benzene rings is 1. The van der Waals surface area contributed by atoms with Gasteiger partial charge in [-0.1, -0.05) is 42.3 Å². The molecule has 0 spiro atoms. The molecular formula is C19H27NO. The zero-order valence-corrected chi connectivity index (χ0v) is 14.0. The van der Waals surface area contributed by atoms with Crippen LogP contribution in [0.1, 0.15) is 51.7 Å². The van der Waals surface area contributed by atoms with Gasteiger partial charge in [-0.2, -0.15) is 0 Å².